The molecular weight excluding hydrogens is 294 g/mol. The van der Waals surface area contributed by atoms with Crippen LogP contribution in [0.15, 0.2) is 40.9 Å². The SMILES string of the molecule is Cc1ccc(-c2noc(C[C@H]3NC(=O)c4ccccc43)n2)nn1. The summed E-state index contributed by atoms with van der Waals surface area (Å²) in [6, 6.07) is 11.0. The third kappa shape index (κ3) is 2.46. The number of hydrogen-bond donors (Lipinski definition) is 1. The van der Waals surface area contributed by atoms with Gasteiger partial charge in [0.05, 0.1) is 18.2 Å². The summed E-state index contributed by atoms with van der Waals surface area (Å²) in [5, 5.41) is 14.9. The Labute approximate surface area is 131 Å². The largest absolute Gasteiger partial charge is 0.345 e. The molecule has 3 heterocycles. The normalized spacial score (nSPS) is 16.2. The average molecular weight is 307 g/mol. The monoisotopic (exact) mass is 307 g/mol. The second-order valence-electron chi connectivity index (χ2n) is 5.39. The number of carbonyl (C=O) groups excluding carboxylic acids is 1. The second-order valence-corrected chi connectivity index (χ2v) is 5.39. The van der Waals surface area contributed by atoms with Gasteiger partial charge in [-0.3, -0.25) is 4.79 Å². The molecule has 1 aromatic carbocycles. The molecule has 0 unspecified atom stereocenters. The first-order valence-corrected chi connectivity index (χ1v) is 7.24. The number of aryl methyl sites for hydroxylation is 1. The zero-order chi connectivity index (χ0) is 15.8. The van der Waals surface area contributed by atoms with Crippen molar-refractivity contribution in [1.29, 1.82) is 0 Å². The molecule has 7 heteroatoms. The number of benzene rings is 1. The van der Waals surface area contributed by atoms with Gasteiger partial charge in [-0.1, -0.05) is 23.4 Å². The van der Waals surface area contributed by atoms with Crippen LogP contribution in [-0.2, 0) is 6.42 Å². The number of hydrogen-bond acceptors (Lipinski definition) is 6. The Balaban J connectivity index is 1.57. The first-order chi connectivity index (χ1) is 11.2. The average Bonchev–Trinajstić information content (AvgIpc) is 3.15. The van der Waals surface area contributed by atoms with Crippen molar-refractivity contribution in [3.63, 3.8) is 0 Å². The molecule has 0 spiro atoms. The van der Waals surface area contributed by atoms with Gasteiger partial charge >= 0.3 is 0 Å². The molecule has 1 aliphatic heterocycles. The molecule has 23 heavy (non-hydrogen) atoms. The standard InChI is InChI=1S/C16H13N5O2/c1-9-6-7-12(20-19-9)15-18-14(23-21-15)8-13-10-4-2-3-5-11(10)16(22)17-13/h2-7,13H,8H2,1H3,(H,17,22)/t13-/m1/s1. The Kier molecular flexibility index (Phi) is 3.11. The van der Waals surface area contributed by atoms with Crippen molar-refractivity contribution >= 4 is 5.91 Å². The molecule has 1 aliphatic rings. The highest BCUT2D eigenvalue weighted by atomic mass is 16.5. The van der Waals surface area contributed by atoms with Gasteiger partial charge in [0.2, 0.25) is 11.7 Å². The summed E-state index contributed by atoms with van der Waals surface area (Å²) in [7, 11) is 0. The molecule has 114 valence electrons. The molecule has 1 atom stereocenters. The predicted molar refractivity (Wildman–Crippen MR) is 80.4 cm³/mol. The first kappa shape index (κ1) is 13.6. The zero-order valence-corrected chi connectivity index (χ0v) is 12.4. The van der Waals surface area contributed by atoms with E-state index in [1.54, 1.807) is 6.07 Å². The lowest BCUT2D eigenvalue weighted by Gasteiger charge is -2.07. The lowest BCUT2D eigenvalue weighted by atomic mass is 10.0. The van der Waals surface area contributed by atoms with Crippen molar-refractivity contribution < 1.29 is 9.32 Å². The summed E-state index contributed by atoms with van der Waals surface area (Å²) < 4.78 is 5.28. The van der Waals surface area contributed by atoms with Crippen molar-refractivity contribution in [2.75, 3.05) is 0 Å². The minimum absolute atomic E-state index is 0.0743. The van der Waals surface area contributed by atoms with Gasteiger partial charge in [-0.15, -0.1) is 5.10 Å². The molecule has 4 rings (SSSR count). The van der Waals surface area contributed by atoms with Crippen molar-refractivity contribution in [1.82, 2.24) is 25.7 Å². The number of aromatic nitrogens is 4. The Morgan fingerprint density at radius 1 is 1.17 bits per heavy atom. The number of nitrogens with one attached hydrogen (secondary N) is 1. The van der Waals surface area contributed by atoms with E-state index < -0.39 is 0 Å². The summed E-state index contributed by atoms with van der Waals surface area (Å²) in [5.74, 6) is 0.768. The predicted octanol–water partition coefficient (Wildman–Crippen LogP) is 1.86. The van der Waals surface area contributed by atoms with Crippen LogP contribution in [0, 0.1) is 6.92 Å². The van der Waals surface area contributed by atoms with Crippen LogP contribution in [0.5, 0.6) is 0 Å². The van der Waals surface area contributed by atoms with E-state index in [4.69, 9.17) is 4.52 Å². The van der Waals surface area contributed by atoms with Crippen LogP contribution >= 0.6 is 0 Å². The fourth-order valence-corrected chi connectivity index (χ4v) is 2.62. The number of rotatable bonds is 3. The molecule has 3 aromatic rings. The lowest BCUT2D eigenvalue weighted by molar-refractivity contribution is 0.0955. The van der Waals surface area contributed by atoms with Crippen LogP contribution in [0.3, 0.4) is 0 Å². The van der Waals surface area contributed by atoms with Gasteiger partial charge in [0.1, 0.15) is 5.69 Å². The molecular formula is C16H13N5O2. The van der Waals surface area contributed by atoms with Crippen molar-refractivity contribution in [2.45, 2.75) is 19.4 Å². The smallest absolute Gasteiger partial charge is 0.252 e. The highest BCUT2D eigenvalue weighted by molar-refractivity contribution is 5.99. The van der Waals surface area contributed by atoms with E-state index in [1.807, 2.05) is 37.3 Å². The molecule has 0 radical (unpaired) electrons. The molecule has 1 N–H and O–H groups in total. The summed E-state index contributed by atoms with van der Waals surface area (Å²) in [6.07, 6.45) is 0.440. The molecule has 2 aromatic heterocycles. The summed E-state index contributed by atoms with van der Waals surface area (Å²) in [5.41, 5.74) is 3.03. The maximum atomic E-state index is 11.9. The van der Waals surface area contributed by atoms with E-state index >= 15 is 0 Å². The van der Waals surface area contributed by atoms with Crippen LogP contribution in [0.1, 0.15) is 33.5 Å². The summed E-state index contributed by atoms with van der Waals surface area (Å²) in [6.45, 7) is 1.86. The van der Waals surface area contributed by atoms with Crippen LogP contribution in [0.25, 0.3) is 11.5 Å². The van der Waals surface area contributed by atoms with E-state index in [0.29, 0.717) is 29.4 Å². The topological polar surface area (TPSA) is 93.8 Å². The number of fused-ring (bicyclic) bond motifs is 1. The second kappa shape index (κ2) is 5.28. The first-order valence-electron chi connectivity index (χ1n) is 7.24. The number of amides is 1. The Morgan fingerprint density at radius 2 is 2.04 bits per heavy atom. The van der Waals surface area contributed by atoms with Gasteiger partial charge in [-0.25, -0.2) is 0 Å². The minimum atomic E-state index is -0.156. The van der Waals surface area contributed by atoms with E-state index in [-0.39, 0.29) is 11.9 Å². The Morgan fingerprint density at radius 3 is 2.87 bits per heavy atom. The molecule has 0 fully saturated rings. The number of nitrogens with zero attached hydrogens (tertiary/aromatic N) is 4. The molecule has 0 saturated carbocycles. The van der Waals surface area contributed by atoms with Crippen molar-refractivity contribution in [2.24, 2.45) is 0 Å². The quantitative estimate of drug-likeness (QED) is 0.793. The minimum Gasteiger partial charge on any atom is -0.345 e. The van der Waals surface area contributed by atoms with Crippen LogP contribution in [0.2, 0.25) is 0 Å². The lowest BCUT2D eigenvalue weighted by Crippen LogP contribution is -2.20. The van der Waals surface area contributed by atoms with Gasteiger partial charge < -0.3 is 9.84 Å². The van der Waals surface area contributed by atoms with Crippen LogP contribution < -0.4 is 5.32 Å². The Hall–Kier alpha value is -3.09. The molecule has 0 saturated heterocycles. The van der Waals surface area contributed by atoms with Crippen molar-refractivity contribution in [3.8, 4) is 11.5 Å². The highest BCUT2D eigenvalue weighted by Gasteiger charge is 2.29. The zero-order valence-electron chi connectivity index (χ0n) is 12.4. The highest BCUT2D eigenvalue weighted by Crippen LogP contribution is 2.27. The summed E-state index contributed by atoms with van der Waals surface area (Å²) >= 11 is 0. The van der Waals surface area contributed by atoms with Gasteiger partial charge in [0.25, 0.3) is 5.91 Å². The van der Waals surface area contributed by atoms with Crippen LogP contribution in [-0.4, -0.2) is 26.2 Å². The van der Waals surface area contributed by atoms with Gasteiger partial charge in [0.15, 0.2) is 0 Å². The number of carbonyl (C=O) groups is 1. The van der Waals surface area contributed by atoms with Crippen LogP contribution in [0.4, 0.5) is 0 Å². The third-order valence-corrected chi connectivity index (χ3v) is 3.76. The van der Waals surface area contributed by atoms with E-state index in [0.717, 1.165) is 11.3 Å². The maximum Gasteiger partial charge on any atom is 0.252 e. The Bertz CT molecular complexity index is 872. The molecule has 0 aliphatic carbocycles. The maximum absolute atomic E-state index is 11.9. The molecule has 0 bridgehead atoms. The molecule has 1 amide bonds. The fourth-order valence-electron chi connectivity index (χ4n) is 2.62. The fraction of sp³-hybridized carbons (Fsp3) is 0.188. The van der Waals surface area contributed by atoms with Gasteiger partial charge in [0, 0.05) is 5.56 Å². The third-order valence-electron chi connectivity index (χ3n) is 3.76. The van der Waals surface area contributed by atoms with E-state index in [2.05, 4.69) is 25.7 Å². The van der Waals surface area contributed by atoms with Gasteiger partial charge in [-0.2, -0.15) is 10.1 Å². The molecule has 7 nitrogen and oxygen atoms in total. The van der Waals surface area contributed by atoms with Gasteiger partial charge in [-0.05, 0) is 30.7 Å². The van der Waals surface area contributed by atoms with Crippen molar-refractivity contribution in [3.05, 3.63) is 59.1 Å². The van der Waals surface area contributed by atoms with E-state index in [9.17, 15) is 4.79 Å². The van der Waals surface area contributed by atoms with E-state index in [1.165, 1.54) is 0 Å². The summed E-state index contributed by atoms with van der Waals surface area (Å²) in [4.78, 5) is 16.3.